The van der Waals surface area contributed by atoms with Crippen molar-refractivity contribution in [1.29, 1.82) is 0 Å². The molecular weight excluding hydrogens is 216 g/mol. The molecule has 0 bridgehead atoms. The Morgan fingerprint density at radius 3 is 2.35 bits per heavy atom. The fourth-order valence-corrected chi connectivity index (χ4v) is 1.30. The van der Waals surface area contributed by atoms with Gasteiger partial charge in [0.25, 0.3) is 0 Å². The van der Waals surface area contributed by atoms with Crippen molar-refractivity contribution < 1.29 is 9.84 Å². The molecule has 96 valence electrons. The molecule has 1 aromatic heterocycles. The van der Waals surface area contributed by atoms with Crippen molar-refractivity contribution in [2.75, 3.05) is 12.4 Å². The lowest BCUT2D eigenvalue weighted by Gasteiger charge is -2.39. The van der Waals surface area contributed by atoms with E-state index in [-0.39, 0.29) is 0 Å². The summed E-state index contributed by atoms with van der Waals surface area (Å²) >= 11 is 0. The maximum absolute atomic E-state index is 10.1. The molecule has 4 heteroatoms. The maximum atomic E-state index is 10.1. The molecule has 0 fully saturated rings. The van der Waals surface area contributed by atoms with Crippen LogP contribution in [0.3, 0.4) is 0 Å². The van der Waals surface area contributed by atoms with Crippen molar-refractivity contribution in [3.05, 3.63) is 18.0 Å². The molecular formula is C13H22N2O2. The molecule has 1 rings (SSSR count). The van der Waals surface area contributed by atoms with Crippen molar-refractivity contribution in [2.45, 2.75) is 45.8 Å². The van der Waals surface area contributed by atoms with Crippen LogP contribution in [0.5, 0.6) is 5.75 Å². The lowest BCUT2D eigenvalue weighted by atomic mass is 9.86. The lowest BCUT2D eigenvalue weighted by Crippen LogP contribution is -2.51. The predicted octanol–water partition coefficient (Wildman–Crippen LogP) is 2.36. The van der Waals surface area contributed by atoms with Crippen LogP contribution in [0.2, 0.25) is 0 Å². The number of anilines is 1. The summed E-state index contributed by atoms with van der Waals surface area (Å²) in [5.41, 5.74) is 0.412. The zero-order chi connectivity index (χ0) is 13.3. The molecule has 2 N–H and O–H groups in total. The van der Waals surface area contributed by atoms with E-state index in [1.807, 2.05) is 26.8 Å². The highest BCUT2D eigenvalue weighted by Gasteiger charge is 2.35. The van der Waals surface area contributed by atoms with Crippen molar-refractivity contribution >= 4 is 5.69 Å². The second-order valence-electron chi connectivity index (χ2n) is 5.33. The zero-order valence-corrected chi connectivity index (χ0v) is 11.5. The van der Waals surface area contributed by atoms with Crippen LogP contribution >= 0.6 is 0 Å². The van der Waals surface area contributed by atoms with Crippen LogP contribution in [0.25, 0.3) is 0 Å². The number of nitrogens with zero attached hydrogens (tertiary/aromatic N) is 1. The van der Waals surface area contributed by atoms with Gasteiger partial charge in [-0.2, -0.15) is 0 Å². The largest absolute Gasteiger partial charge is 0.493 e. The molecule has 17 heavy (non-hydrogen) atoms. The number of aliphatic hydroxyl groups is 1. The molecule has 0 radical (unpaired) electrons. The second-order valence-corrected chi connectivity index (χ2v) is 5.33. The topological polar surface area (TPSA) is 54.4 Å². The zero-order valence-electron chi connectivity index (χ0n) is 11.5. The molecule has 0 aliphatic heterocycles. The Labute approximate surface area is 103 Å². The van der Waals surface area contributed by atoms with Gasteiger partial charge in [0.15, 0.2) is 5.75 Å². The molecule has 0 saturated carbocycles. The predicted molar refractivity (Wildman–Crippen MR) is 69.5 cm³/mol. The summed E-state index contributed by atoms with van der Waals surface area (Å²) in [4.78, 5) is 4.18. The third-order valence-electron chi connectivity index (χ3n) is 3.20. The van der Waals surface area contributed by atoms with Crippen LogP contribution in [0.4, 0.5) is 5.69 Å². The minimum Gasteiger partial charge on any atom is -0.493 e. The number of aryl methyl sites for hydroxylation is 1. The average molecular weight is 238 g/mol. The van der Waals surface area contributed by atoms with Crippen LogP contribution < -0.4 is 10.1 Å². The molecule has 0 aliphatic rings. The fourth-order valence-electron chi connectivity index (χ4n) is 1.30. The van der Waals surface area contributed by atoms with Crippen LogP contribution in [0.1, 0.15) is 33.4 Å². The van der Waals surface area contributed by atoms with Crippen LogP contribution in [0, 0.1) is 6.92 Å². The first-order valence-corrected chi connectivity index (χ1v) is 5.68. The minimum absolute atomic E-state index is 0.478. The molecule has 4 nitrogen and oxygen atoms in total. The molecule has 0 amide bonds. The molecule has 0 saturated heterocycles. The van der Waals surface area contributed by atoms with Crippen molar-refractivity contribution in [3.63, 3.8) is 0 Å². The van der Waals surface area contributed by atoms with E-state index in [4.69, 9.17) is 4.74 Å². The van der Waals surface area contributed by atoms with E-state index >= 15 is 0 Å². The first-order chi connectivity index (χ1) is 7.67. The number of aromatic nitrogens is 1. The van der Waals surface area contributed by atoms with E-state index in [9.17, 15) is 5.11 Å². The van der Waals surface area contributed by atoms with Gasteiger partial charge in [-0.25, -0.2) is 0 Å². The maximum Gasteiger partial charge on any atom is 0.160 e. The third kappa shape index (κ3) is 3.09. The van der Waals surface area contributed by atoms with E-state index in [2.05, 4.69) is 10.3 Å². The first kappa shape index (κ1) is 13.8. The number of methoxy groups -OCH3 is 1. The second kappa shape index (κ2) is 4.53. The Hall–Kier alpha value is -1.29. The van der Waals surface area contributed by atoms with E-state index in [0.29, 0.717) is 5.75 Å². The van der Waals surface area contributed by atoms with Crippen LogP contribution in [-0.4, -0.2) is 28.3 Å². The number of hydrogen-bond donors (Lipinski definition) is 2. The monoisotopic (exact) mass is 238 g/mol. The molecule has 0 aliphatic carbocycles. The minimum atomic E-state index is -0.852. The van der Waals surface area contributed by atoms with Crippen LogP contribution in [0.15, 0.2) is 12.3 Å². The smallest absolute Gasteiger partial charge is 0.160 e. The first-order valence-electron chi connectivity index (χ1n) is 5.68. The van der Waals surface area contributed by atoms with Gasteiger partial charge in [0, 0.05) is 5.69 Å². The van der Waals surface area contributed by atoms with E-state index < -0.39 is 11.1 Å². The van der Waals surface area contributed by atoms with E-state index in [0.717, 1.165) is 11.4 Å². The summed E-state index contributed by atoms with van der Waals surface area (Å²) in [7, 11) is 1.61. The number of ether oxygens (including phenoxy) is 1. The highest BCUT2D eigenvalue weighted by Crippen LogP contribution is 2.31. The average Bonchev–Trinajstić information content (AvgIpc) is 2.15. The molecule has 0 atom stereocenters. The summed E-state index contributed by atoms with van der Waals surface area (Å²) in [5.74, 6) is 0.674. The van der Waals surface area contributed by atoms with Crippen molar-refractivity contribution in [2.24, 2.45) is 0 Å². The van der Waals surface area contributed by atoms with E-state index in [1.165, 1.54) is 0 Å². The van der Waals surface area contributed by atoms with Gasteiger partial charge in [-0.15, -0.1) is 0 Å². The molecule has 0 unspecified atom stereocenters. The Balaban J connectivity index is 3.06. The molecule has 0 aromatic carbocycles. The SMILES string of the molecule is COc1cnc(C)cc1NC(C)(C)C(C)(C)O. The third-order valence-corrected chi connectivity index (χ3v) is 3.20. The van der Waals surface area contributed by atoms with Gasteiger partial charge in [-0.1, -0.05) is 0 Å². The quantitative estimate of drug-likeness (QED) is 0.845. The summed E-state index contributed by atoms with van der Waals surface area (Å²) in [6.45, 7) is 9.37. The standard InChI is InChI=1S/C13H22N2O2/c1-9-7-10(11(17-6)8-14-9)15-12(2,3)13(4,5)16/h7-8,16H,1-6H3,(H,14,15). The van der Waals surface area contributed by atoms with Gasteiger partial charge in [-0.05, 0) is 40.7 Å². The highest BCUT2D eigenvalue weighted by atomic mass is 16.5. The fraction of sp³-hybridized carbons (Fsp3) is 0.615. The normalized spacial score (nSPS) is 12.4. The summed E-state index contributed by atoms with van der Waals surface area (Å²) in [6.07, 6.45) is 1.68. The van der Waals surface area contributed by atoms with Crippen LogP contribution in [-0.2, 0) is 0 Å². The Morgan fingerprint density at radius 1 is 1.29 bits per heavy atom. The Bertz CT molecular complexity index is 395. The molecule has 0 spiro atoms. The Kier molecular flexibility index (Phi) is 3.67. The summed E-state index contributed by atoms with van der Waals surface area (Å²) in [5, 5.41) is 13.4. The van der Waals surface area contributed by atoms with Gasteiger partial charge >= 0.3 is 0 Å². The van der Waals surface area contributed by atoms with Gasteiger partial charge in [0.2, 0.25) is 0 Å². The summed E-state index contributed by atoms with van der Waals surface area (Å²) in [6, 6.07) is 1.91. The number of hydrogen-bond acceptors (Lipinski definition) is 4. The van der Waals surface area contributed by atoms with Gasteiger partial charge < -0.3 is 15.2 Å². The number of nitrogens with one attached hydrogen (secondary N) is 1. The van der Waals surface area contributed by atoms with Gasteiger partial charge in [0.05, 0.1) is 30.1 Å². The van der Waals surface area contributed by atoms with Crippen molar-refractivity contribution in [1.82, 2.24) is 4.98 Å². The molecule has 1 heterocycles. The molecule has 1 aromatic rings. The number of rotatable bonds is 4. The van der Waals surface area contributed by atoms with Crippen molar-refractivity contribution in [3.8, 4) is 5.75 Å². The Morgan fingerprint density at radius 2 is 1.88 bits per heavy atom. The summed E-state index contributed by atoms with van der Waals surface area (Å²) < 4.78 is 5.25. The van der Waals surface area contributed by atoms with Gasteiger partial charge in [0.1, 0.15) is 0 Å². The van der Waals surface area contributed by atoms with Gasteiger partial charge in [-0.3, -0.25) is 4.98 Å². The van der Waals surface area contributed by atoms with E-state index in [1.54, 1.807) is 27.2 Å². The highest BCUT2D eigenvalue weighted by molar-refractivity contribution is 5.57. The number of pyridine rings is 1. The lowest BCUT2D eigenvalue weighted by molar-refractivity contribution is 0.0239.